The molecule has 0 radical (unpaired) electrons. The molecular formula is C19H24N3O2S2+. The molecule has 0 aromatic heterocycles. The van der Waals surface area contributed by atoms with Crippen molar-refractivity contribution in [3.05, 3.63) is 48.5 Å². The van der Waals surface area contributed by atoms with Gasteiger partial charge in [0.1, 0.15) is 0 Å². The maximum atomic E-state index is 12.3. The van der Waals surface area contributed by atoms with Gasteiger partial charge in [0.2, 0.25) is 0 Å². The summed E-state index contributed by atoms with van der Waals surface area (Å²) < 4.78 is 0. The number of quaternary nitrogens is 1. The number of para-hydroxylation sites is 2. The average molecular weight is 391 g/mol. The number of amides is 2. The van der Waals surface area contributed by atoms with E-state index in [9.17, 15) is 9.59 Å². The Morgan fingerprint density at radius 2 is 1.19 bits per heavy atom. The van der Waals surface area contributed by atoms with Crippen molar-refractivity contribution in [2.75, 3.05) is 43.3 Å². The third-order valence-electron chi connectivity index (χ3n) is 3.69. The highest BCUT2D eigenvalue weighted by atomic mass is 32.2. The first kappa shape index (κ1) is 20.4. The maximum Gasteiger partial charge on any atom is 0.279 e. The number of carbonyl (C=O) groups is 2. The van der Waals surface area contributed by atoms with Gasteiger partial charge in [-0.1, -0.05) is 24.3 Å². The van der Waals surface area contributed by atoms with E-state index < -0.39 is 0 Å². The molecule has 0 aliphatic heterocycles. The Kier molecular flexibility index (Phi) is 8.03. The van der Waals surface area contributed by atoms with Gasteiger partial charge in [-0.2, -0.15) is 0 Å². The van der Waals surface area contributed by atoms with Crippen molar-refractivity contribution < 1.29 is 14.5 Å². The molecule has 0 bridgehead atoms. The first-order valence-electron chi connectivity index (χ1n) is 8.20. The fraction of sp³-hybridized carbons (Fsp3) is 0.263. The Bertz CT molecular complexity index is 704. The summed E-state index contributed by atoms with van der Waals surface area (Å²) in [6.07, 6.45) is 3.94. The molecule has 0 aliphatic carbocycles. The number of nitrogens with one attached hydrogen (secondary N) is 3. The lowest BCUT2D eigenvalue weighted by Crippen LogP contribution is -3.11. The Morgan fingerprint density at radius 1 is 0.808 bits per heavy atom. The van der Waals surface area contributed by atoms with E-state index in [-0.39, 0.29) is 24.9 Å². The monoisotopic (exact) mass is 390 g/mol. The van der Waals surface area contributed by atoms with E-state index in [1.165, 1.54) is 0 Å². The number of benzene rings is 2. The summed E-state index contributed by atoms with van der Waals surface area (Å²) >= 11 is 3.17. The number of likely N-dealkylation sites (N-methyl/N-ethyl adjacent to an activating group) is 1. The molecule has 3 N–H and O–H groups in total. The summed E-state index contributed by atoms with van der Waals surface area (Å²) in [7, 11) is 1.83. The lowest BCUT2D eigenvalue weighted by Gasteiger charge is -2.15. The molecule has 26 heavy (non-hydrogen) atoms. The Morgan fingerprint density at radius 3 is 1.58 bits per heavy atom. The van der Waals surface area contributed by atoms with Gasteiger partial charge in [0.05, 0.1) is 18.4 Å². The standard InChI is InChI=1S/C19H23N3O2S2/c1-22(12-18(23)20-14-8-4-6-10-16(14)25-2)13-19(24)21-15-9-5-7-11-17(15)26-3/h4-11H,12-13H2,1-3H3,(H,20,23)(H,21,24)/p+1. The van der Waals surface area contributed by atoms with Crippen LogP contribution in [-0.2, 0) is 9.59 Å². The molecule has 7 heteroatoms. The summed E-state index contributed by atoms with van der Waals surface area (Å²) in [5.74, 6) is -0.220. The molecule has 0 saturated heterocycles. The third-order valence-corrected chi connectivity index (χ3v) is 5.28. The number of rotatable bonds is 8. The lowest BCUT2D eigenvalue weighted by molar-refractivity contribution is -0.862. The van der Waals surface area contributed by atoms with Gasteiger partial charge in [-0.15, -0.1) is 23.5 Å². The fourth-order valence-electron chi connectivity index (χ4n) is 2.50. The predicted molar refractivity (Wildman–Crippen MR) is 110 cm³/mol. The van der Waals surface area contributed by atoms with Gasteiger partial charge >= 0.3 is 0 Å². The molecule has 2 rings (SSSR count). The first-order valence-corrected chi connectivity index (χ1v) is 10.7. The van der Waals surface area contributed by atoms with Gasteiger partial charge < -0.3 is 15.5 Å². The van der Waals surface area contributed by atoms with Gasteiger partial charge in [0.25, 0.3) is 11.8 Å². The Balaban J connectivity index is 1.86. The predicted octanol–water partition coefficient (Wildman–Crippen LogP) is 2.22. The SMILES string of the molecule is CSc1ccccc1NC(=O)C[NH+](C)CC(=O)Nc1ccccc1SC. The lowest BCUT2D eigenvalue weighted by atomic mass is 10.3. The topological polar surface area (TPSA) is 62.6 Å². The fourth-order valence-corrected chi connectivity index (χ4v) is 3.60. The van der Waals surface area contributed by atoms with Crippen LogP contribution >= 0.6 is 23.5 Å². The van der Waals surface area contributed by atoms with Crippen molar-refractivity contribution in [1.82, 2.24) is 0 Å². The van der Waals surface area contributed by atoms with Crippen molar-refractivity contribution in [3.63, 3.8) is 0 Å². The van der Waals surface area contributed by atoms with Crippen LogP contribution in [0.25, 0.3) is 0 Å². The van der Waals surface area contributed by atoms with E-state index in [2.05, 4.69) is 10.6 Å². The van der Waals surface area contributed by atoms with Crippen LogP contribution in [0.2, 0.25) is 0 Å². The minimum absolute atomic E-state index is 0.110. The van der Waals surface area contributed by atoms with Gasteiger partial charge in [0.15, 0.2) is 13.1 Å². The summed E-state index contributed by atoms with van der Waals surface area (Å²) in [5.41, 5.74) is 1.60. The van der Waals surface area contributed by atoms with Crippen molar-refractivity contribution >= 4 is 46.7 Å². The molecule has 0 aliphatic rings. The molecule has 0 fully saturated rings. The van der Waals surface area contributed by atoms with Gasteiger partial charge in [-0.05, 0) is 36.8 Å². The van der Waals surface area contributed by atoms with Gasteiger partial charge in [-0.3, -0.25) is 9.59 Å². The summed E-state index contributed by atoms with van der Waals surface area (Å²) in [6.45, 7) is 0.445. The normalized spacial score (nSPS) is 10.6. The molecule has 0 atom stereocenters. The first-order chi connectivity index (χ1) is 12.5. The summed E-state index contributed by atoms with van der Waals surface area (Å²) in [4.78, 5) is 27.4. The van der Waals surface area contributed by atoms with E-state index in [1.807, 2.05) is 68.1 Å². The molecule has 2 amide bonds. The van der Waals surface area contributed by atoms with Crippen molar-refractivity contribution in [1.29, 1.82) is 0 Å². The zero-order valence-corrected chi connectivity index (χ0v) is 16.8. The zero-order chi connectivity index (χ0) is 18.9. The van der Waals surface area contributed by atoms with Crippen LogP contribution in [0.15, 0.2) is 58.3 Å². The minimum Gasteiger partial charge on any atom is -0.322 e. The molecule has 0 heterocycles. The van der Waals surface area contributed by atoms with E-state index in [1.54, 1.807) is 23.5 Å². The van der Waals surface area contributed by atoms with Crippen LogP contribution in [0.5, 0.6) is 0 Å². The third kappa shape index (κ3) is 6.09. The highest BCUT2D eigenvalue weighted by molar-refractivity contribution is 7.99. The molecule has 2 aromatic carbocycles. The highest BCUT2D eigenvalue weighted by Crippen LogP contribution is 2.25. The molecular weight excluding hydrogens is 366 g/mol. The van der Waals surface area contributed by atoms with Crippen molar-refractivity contribution in [2.45, 2.75) is 9.79 Å². The van der Waals surface area contributed by atoms with Gasteiger partial charge in [-0.25, -0.2) is 0 Å². The van der Waals surface area contributed by atoms with Crippen molar-refractivity contribution in [2.24, 2.45) is 0 Å². The molecule has 5 nitrogen and oxygen atoms in total. The van der Waals surface area contributed by atoms with E-state index in [0.29, 0.717) is 0 Å². The van der Waals surface area contributed by atoms with E-state index in [4.69, 9.17) is 0 Å². The Hall–Kier alpha value is -1.96. The van der Waals surface area contributed by atoms with E-state index >= 15 is 0 Å². The second kappa shape index (κ2) is 10.3. The number of thioether (sulfide) groups is 2. The molecule has 138 valence electrons. The number of hydrogen-bond donors (Lipinski definition) is 3. The summed E-state index contributed by atoms with van der Waals surface area (Å²) in [6, 6.07) is 15.4. The second-order valence-electron chi connectivity index (χ2n) is 5.81. The Labute approximate surface area is 162 Å². The van der Waals surface area contributed by atoms with E-state index in [0.717, 1.165) is 26.1 Å². The number of anilines is 2. The van der Waals surface area contributed by atoms with Crippen LogP contribution in [0.4, 0.5) is 11.4 Å². The minimum atomic E-state index is -0.110. The van der Waals surface area contributed by atoms with Gasteiger partial charge in [0, 0.05) is 9.79 Å². The van der Waals surface area contributed by atoms with Crippen LogP contribution < -0.4 is 15.5 Å². The van der Waals surface area contributed by atoms with Crippen LogP contribution in [0.1, 0.15) is 0 Å². The molecule has 0 unspecified atom stereocenters. The van der Waals surface area contributed by atoms with Crippen LogP contribution in [0, 0.1) is 0 Å². The average Bonchev–Trinajstić information content (AvgIpc) is 2.62. The molecule has 0 spiro atoms. The quantitative estimate of drug-likeness (QED) is 0.605. The van der Waals surface area contributed by atoms with Crippen LogP contribution in [0.3, 0.4) is 0 Å². The maximum absolute atomic E-state index is 12.3. The molecule has 0 saturated carbocycles. The smallest absolute Gasteiger partial charge is 0.279 e. The zero-order valence-electron chi connectivity index (χ0n) is 15.2. The summed E-state index contributed by atoms with van der Waals surface area (Å²) in [5, 5.41) is 5.84. The second-order valence-corrected chi connectivity index (χ2v) is 7.50. The molecule has 2 aromatic rings. The van der Waals surface area contributed by atoms with Crippen LogP contribution in [-0.4, -0.2) is 44.5 Å². The number of carbonyl (C=O) groups excluding carboxylic acids is 2. The van der Waals surface area contributed by atoms with Crippen molar-refractivity contribution in [3.8, 4) is 0 Å². The number of hydrogen-bond acceptors (Lipinski definition) is 4. The highest BCUT2D eigenvalue weighted by Gasteiger charge is 2.16. The largest absolute Gasteiger partial charge is 0.322 e.